The number of nitrogens with one attached hydrogen (secondary N) is 3. The summed E-state index contributed by atoms with van der Waals surface area (Å²) >= 11 is 0. The molecule has 0 spiro atoms. The summed E-state index contributed by atoms with van der Waals surface area (Å²) in [5.41, 5.74) is 6.59. The van der Waals surface area contributed by atoms with E-state index in [2.05, 4.69) is 33.2 Å². The molecule has 0 saturated carbocycles. The summed E-state index contributed by atoms with van der Waals surface area (Å²) in [6.45, 7) is 7.11. The van der Waals surface area contributed by atoms with Crippen LogP contribution in [0.15, 0.2) is 6.20 Å². The summed E-state index contributed by atoms with van der Waals surface area (Å²) in [4.78, 5) is 35.1. The summed E-state index contributed by atoms with van der Waals surface area (Å²) < 4.78 is 22.7. The summed E-state index contributed by atoms with van der Waals surface area (Å²) in [7, 11) is 0. The number of nitrogens with two attached hydrogens (primary N) is 1. The quantitative estimate of drug-likeness (QED) is 0.128. The van der Waals surface area contributed by atoms with E-state index in [1.807, 2.05) is 0 Å². The van der Waals surface area contributed by atoms with E-state index in [0.717, 1.165) is 18.5 Å². The minimum absolute atomic E-state index is 0.0122. The molecule has 0 fully saturated rings. The van der Waals surface area contributed by atoms with Crippen molar-refractivity contribution >= 4 is 17.7 Å². The van der Waals surface area contributed by atoms with E-state index in [1.165, 1.54) is 4.68 Å². The SMILES string of the molecule is CCCCNC(=O)COCCOCCNC(=O)COCCOCCNC(=O)C(N)Cn1cc(C)nn1. The van der Waals surface area contributed by atoms with Gasteiger partial charge in [0.1, 0.15) is 19.3 Å². The summed E-state index contributed by atoms with van der Waals surface area (Å²) in [5.74, 6) is -0.702. The molecule has 1 atom stereocenters. The highest BCUT2D eigenvalue weighted by atomic mass is 16.5. The second-order valence-corrected chi connectivity index (χ2v) is 7.86. The Morgan fingerprint density at radius 2 is 1.44 bits per heavy atom. The van der Waals surface area contributed by atoms with Crippen LogP contribution in [-0.4, -0.2) is 111 Å². The van der Waals surface area contributed by atoms with E-state index in [-0.39, 0.29) is 50.7 Å². The van der Waals surface area contributed by atoms with E-state index in [0.29, 0.717) is 46.1 Å². The zero-order valence-corrected chi connectivity index (χ0v) is 21.3. The molecule has 0 aliphatic heterocycles. The van der Waals surface area contributed by atoms with Gasteiger partial charge in [-0.05, 0) is 13.3 Å². The van der Waals surface area contributed by atoms with Crippen molar-refractivity contribution in [3.05, 3.63) is 11.9 Å². The first-order valence-electron chi connectivity index (χ1n) is 12.2. The number of unbranched alkanes of at least 4 members (excludes halogenated alkanes) is 1. The molecule has 1 unspecified atom stereocenters. The van der Waals surface area contributed by atoms with Crippen LogP contribution in [0.5, 0.6) is 0 Å². The molecular formula is C22H41N7O7. The smallest absolute Gasteiger partial charge is 0.246 e. The van der Waals surface area contributed by atoms with Crippen molar-refractivity contribution in [3.8, 4) is 0 Å². The maximum Gasteiger partial charge on any atom is 0.246 e. The molecule has 0 bridgehead atoms. The first kappa shape index (κ1) is 31.4. The zero-order chi connectivity index (χ0) is 26.4. The number of nitrogens with zero attached hydrogens (tertiary/aromatic N) is 3. The van der Waals surface area contributed by atoms with Crippen molar-refractivity contribution in [2.45, 2.75) is 39.3 Å². The van der Waals surface area contributed by atoms with Crippen LogP contribution in [0.1, 0.15) is 25.5 Å². The van der Waals surface area contributed by atoms with Crippen LogP contribution < -0.4 is 21.7 Å². The number of carbonyl (C=O) groups is 3. The van der Waals surface area contributed by atoms with Crippen molar-refractivity contribution in [1.82, 2.24) is 30.9 Å². The van der Waals surface area contributed by atoms with Gasteiger partial charge in [0.2, 0.25) is 17.7 Å². The van der Waals surface area contributed by atoms with E-state index in [9.17, 15) is 14.4 Å². The molecule has 1 aromatic heterocycles. The lowest BCUT2D eigenvalue weighted by Crippen LogP contribution is -2.44. The summed E-state index contributed by atoms with van der Waals surface area (Å²) in [5, 5.41) is 15.8. The van der Waals surface area contributed by atoms with Crippen molar-refractivity contribution in [2.75, 3.05) is 72.5 Å². The molecule has 14 heteroatoms. The molecule has 36 heavy (non-hydrogen) atoms. The third-order valence-corrected chi connectivity index (χ3v) is 4.55. The van der Waals surface area contributed by atoms with Gasteiger partial charge in [-0.3, -0.25) is 19.1 Å². The predicted molar refractivity (Wildman–Crippen MR) is 130 cm³/mol. The third-order valence-electron chi connectivity index (χ3n) is 4.55. The molecule has 1 aromatic rings. The average Bonchev–Trinajstić information content (AvgIpc) is 3.26. The molecular weight excluding hydrogens is 474 g/mol. The fourth-order valence-corrected chi connectivity index (χ4v) is 2.69. The molecule has 0 aliphatic rings. The Morgan fingerprint density at radius 3 is 2.00 bits per heavy atom. The molecule has 14 nitrogen and oxygen atoms in total. The molecule has 5 N–H and O–H groups in total. The van der Waals surface area contributed by atoms with Crippen LogP contribution in [0.3, 0.4) is 0 Å². The van der Waals surface area contributed by atoms with E-state index >= 15 is 0 Å². The van der Waals surface area contributed by atoms with E-state index in [4.69, 9.17) is 24.7 Å². The Labute approximate surface area is 211 Å². The van der Waals surface area contributed by atoms with Crippen LogP contribution in [-0.2, 0) is 39.9 Å². The molecule has 1 heterocycles. The lowest BCUT2D eigenvalue weighted by Gasteiger charge is -2.12. The molecule has 206 valence electrons. The van der Waals surface area contributed by atoms with Crippen LogP contribution in [0.4, 0.5) is 0 Å². The minimum atomic E-state index is -0.736. The Hall–Kier alpha value is -2.65. The van der Waals surface area contributed by atoms with Crippen molar-refractivity contribution in [3.63, 3.8) is 0 Å². The fourth-order valence-electron chi connectivity index (χ4n) is 2.69. The maximum atomic E-state index is 12.0. The van der Waals surface area contributed by atoms with Gasteiger partial charge in [-0.1, -0.05) is 18.6 Å². The van der Waals surface area contributed by atoms with Crippen LogP contribution >= 0.6 is 0 Å². The Kier molecular flexibility index (Phi) is 17.9. The van der Waals surface area contributed by atoms with Gasteiger partial charge in [-0.15, -0.1) is 5.10 Å². The van der Waals surface area contributed by atoms with Crippen LogP contribution in [0.25, 0.3) is 0 Å². The van der Waals surface area contributed by atoms with E-state index in [1.54, 1.807) is 13.1 Å². The van der Waals surface area contributed by atoms with Gasteiger partial charge in [-0.2, -0.15) is 0 Å². The molecule has 0 aliphatic carbocycles. The van der Waals surface area contributed by atoms with Gasteiger partial charge in [0.25, 0.3) is 0 Å². The lowest BCUT2D eigenvalue weighted by atomic mass is 10.3. The Balaban J connectivity index is 1.85. The van der Waals surface area contributed by atoms with E-state index < -0.39 is 6.04 Å². The van der Waals surface area contributed by atoms with Gasteiger partial charge in [0.15, 0.2) is 0 Å². The van der Waals surface area contributed by atoms with Gasteiger partial charge < -0.3 is 40.6 Å². The van der Waals surface area contributed by atoms with Crippen molar-refractivity contribution in [1.29, 1.82) is 0 Å². The molecule has 0 aromatic carbocycles. The van der Waals surface area contributed by atoms with Crippen LogP contribution in [0, 0.1) is 6.92 Å². The minimum Gasteiger partial charge on any atom is -0.377 e. The fraction of sp³-hybridized carbons (Fsp3) is 0.773. The number of rotatable bonds is 22. The zero-order valence-electron chi connectivity index (χ0n) is 21.3. The highest BCUT2D eigenvalue weighted by molar-refractivity contribution is 5.81. The third kappa shape index (κ3) is 16.9. The highest BCUT2D eigenvalue weighted by Crippen LogP contribution is 1.92. The number of carbonyl (C=O) groups excluding carboxylic acids is 3. The van der Waals surface area contributed by atoms with Gasteiger partial charge in [0, 0.05) is 25.8 Å². The molecule has 0 radical (unpaired) electrons. The normalized spacial score (nSPS) is 11.8. The van der Waals surface area contributed by atoms with Gasteiger partial charge in [0.05, 0.1) is 51.9 Å². The topological polar surface area (TPSA) is 181 Å². The Bertz CT molecular complexity index is 748. The Morgan fingerprint density at radius 1 is 0.889 bits per heavy atom. The van der Waals surface area contributed by atoms with Crippen molar-refractivity contribution in [2.24, 2.45) is 5.73 Å². The monoisotopic (exact) mass is 515 g/mol. The lowest BCUT2D eigenvalue weighted by molar-refractivity contribution is -0.127. The number of amides is 3. The number of aryl methyl sites for hydroxylation is 1. The average molecular weight is 516 g/mol. The number of ether oxygens (including phenoxy) is 4. The number of hydrogen-bond acceptors (Lipinski definition) is 10. The second-order valence-electron chi connectivity index (χ2n) is 7.86. The molecule has 1 rings (SSSR count). The highest BCUT2D eigenvalue weighted by Gasteiger charge is 2.14. The number of aromatic nitrogens is 3. The van der Waals surface area contributed by atoms with Crippen LogP contribution in [0.2, 0.25) is 0 Å². The van der Waals surface area contributed by atoms with Gasteiger partial charge in [-0.25, -0.2) is 0 Å². The summed E-state index contributed by atoms with van der Waals surface area (Å²) in [6.07, 6.45) is 3.68. The van der Waals surface area contributed by atoms with Crippen molar-refractivity contribution < 1.29 is 33.3 Å². The predicted octanol–water partition coefficient (Wildman–Crippen LogP) is -1.87. The standard InChI is InChI=1S/C22H41N7O7/c1-3-4-5-24-20(30)16-35-12-10-33-8-6-25-21(31)17-36-13-11-34-9-7-26-22(32)19(23)15-29-14-18(2)27-28-29/h14,19H,3-13,15-17,23H2,1-2H3,(H,24,30)(H,25,31)(H,26,32). The first-order chi connectivity index (χ1) is 17.4. The molecule has 0 saturated heterocycles. The first-order valence-corrected chi connectivity index (χ1v) is 12.2. The van der Waals surface area contributed by atoms with Gasteiger partial charge >= 0.3 is 0 Å². The summed E-state index contributed by atoms with van der Waals surface area (Å²) in [6, 6.07) is -0.736. The maximum absolute atomic E-state index is 12.0. The number of hydrogen-bond donors (Lipinski definition) is 4. The molecule has 3 amide bonds. The largest absolute Gasteiger partial charge is 0.377 e. The second kappa shape index (κ2) is 20.5.